The predicted molar refractivity (Wildman–Crippen MR) is 141 cm³/mol. The van der Waals surface area contributed by atoms with Crippen molar-refractivity contribution in [3.05, 3.63) is 41.5 Å². The third-order valence-corrected chi connectivity index (χ3v) is 8.21. The van der Waals surface area contributed by atoms with Gasteiger partial charge in [-0.1, -0.05) is 31.1 Å². The van der Waals surface area contributed by atoms with Crippen LogP contribution in [0.5, 0.6) is 5.75 Å². The lowest BCUT2D eigenvalue weighted by Gasteiger charge is -2.30. The Balaban J connectivity index is 1.10. The van der Waals surface area contributed by atoms with Crippen molar-refractivity contribution in [3.63, 3.8) is 0 Å². The average Bonchev–Trinajstić information content (AvgIpc) is 3.58. The van der Waals surface area contributed by atoms with Crippen LogP contribution < -0.4 is 9.64 Å². The van der Waals surface area contributed by atoms with E-state index in [0.29, 0.717) is 36.2 Å². The van der Waals surface area contributed by atoms with Gasteiger partial charge in [-0.2, -0.15) is 4.98 Å². The molecule has 1 aromatic carbocycles. The molecule has 2 fully saturated rings. The largest absolute Gasteiger partial charge is 0.490 e. The number of halogens is 1. The minimum Gasteiger partial charge on any atom is -0.490 e. The van der Waals surface area contributed by atoms with E-state index in [0.717, 1.165) is 81.5 Å². The molecule has 1 amide bonds. The van der Waals surface area contributed by atoms with Crippen LogP contribution in [0.15, 0.2) is 28.8 Å². The maximum atomic E-state index is 14.9. The molecule has 1 aliphatic carbocycles. The minimum atomic E-state index is -0.327. The van der Waals surface area contributed by atoms with E-state index in [1.807, 2.05) is 24.8 Å². The molecule has 0 spiro atoms. The number of hydrogen-bond donors (Lipinski definition) is 0. The van der Waals surface area contributed by atoms with Crippen LogP contribution in [0.3, 0.4) is 0 Å². The number of anilines is 1. The summed E-state index contributed by atoms with van der Waals surface area (Å²) in [6, 6.07) is 6.21. The fraction of sp³-hybridized carbons (Fsp3) is 0.621. The van der Waals surface area contributed by atoms with Gasteiger partial charge in [-0.15, -0.1) is 0 Å². The van der Waals surface area contributed by atoms with Crippen LogP contribution in [0.4, 0.5) is 10.4 Å². The highest BCUT2D eigenvalue weighted by atomic mass is 19.1. The Labute approximate surface area is 219 Å². The molecule has 2 aliphatic heterocycles. The lowest BCUT2D eigenvalue weighted by molar-refractivity contribution is -0.136. The van der Waals surface area contributed by atoms with E-state index in [4.69, 9.17) is 9.26 Å². The predicted octanol–water partition coefficient (Wildman–Crippen LogP) is 5.82. The number of piperidine rings is 1. The Morgan fingerprint density at radius 3 is 2.62 bits per heavy atom. The number of likely N-dealkylation sites (tertiary alicyclic amines) is 1. The molecule has 3 heterocycles. The van der Waals surface area contributed by atoms with E-state index in [-0.39, 0.29) is 17.7 Å². The molecule has 2 atom stereocenters. The fourth-order valence-corrected chi connectivity index (χ4v) is 5.72. The number of hydrogen-bond acceptors (Lipinski definition) is 6. The number of allylic oxidation sites excluding steroid dienone is 2. The van der Waals surface area contributed by atoms with Gasteiger partial charge in [-0.05, 0) is 81.1 Å². The summed E-state index contributed by atoms with van der Waals surface area (Å²) in [7, 11) is 0. The number of benzene rings is 1. The number of ether oxygens (including phenoxy) is 1. The Bertz CT molecular complexity index is 1120. The van der Waals surface area contributed by atoms with Gasteiger partial charge in [-0.3, -0.25) is 4.79 Å². The van der Waals surface area contributed by atoms with Crippen LogP contribution >= 0.6 is 0 Å². The topological polar surface area (TPSA) is 71.7 Å². The molecule has 1 aromatic heterocycles. The van der Waals surface area contributed by atoms with Gasteiger partial charge in [0.05, 0.1) is 6.61 Å². The molecule has 5 rings (SSSR count). The van der Waals surface area contributed by atoms with Crippen LogP contribution in [0.1, 0.15) is 83.0 Å². The van der Waals surface area contributed by atoms with Crippen LogP contribution in [0.25, 0.3) is 5.57 Å². The highest BCUT2D eigenvalue weighted by Gasteiger charge is 2.31. The molecule has 8 heteroatoms. The summed E-state index contributed by atoms with van der Waals surface area (Å²) in [6.45, 7) is 9.26. The standard InChI is InChI=1S/C29H39FN4O3/c1-19(2)27-31-29(37-32-27)33-15-12-21(13-16-33)18-36-26-11-10-24(17-25(26)30)22-6-8-23(9-7-22)28(35)34-14-4-5-20(34)3/h6,10-11,17,19-21,23H,4-5,7-9,12-16,18H2,1-3H3. The van der Waals surface area contributed by atoms with Crippen molar-refractivity contribution in [2.75, 3.05) is 31.1 Å². The molecule has 0 bridgehead atoms. The second-order valence-corrected chi connectivity index (χ2v) is 11.2. The number of amides is 1. The normalized spacial score (nSPS) is 23.0. The molecule has 37 heavy (non-hydrogen) atoms. The number of nitrogens with zero attached hydrogens (tertiary/aromatic N) is 4. The van der Waals surface area contributed by atoms with Crippen LogP contribution in [-0.2, 0) is 4.79 Å². The van der Waals surface area contributed by atoms with E-state index in [9.17, 15) is 9.18 Å². The van der Waals surface area contributed by atoms with E-state index in [2.05, 4.69) is 28.0 Å². The molecular formula is C29H39FN4O3. The number of rotatable bonds is 7. The smallest absolute Gasteiger partial charge is 0.324 e. The maximum Gasteiger partial charge on any atom is 0.324 e. The molecule has 0 N–H and O–H groups in total. The molecule has 200 valence electrons. The van der Waals surface area contributed by atoms with Gasteiger partial charge in [0, 0.05) is 37.5 Å². The quantitative estimate of drug-likeness (QED) is 0.467. The fourth-order valence-electron chi connectivity index (χ4n) is 5.72. The zero-order valence-electron chi connectivity index (χ0n) is 22.3. The Morgan fingerprint density at radius 1 is 1.19 bits per heavy atom. The van der Waals surface area contributed by atoms with Gasteiger partial charge in [-0.25, -0.2) is 4.39 Å². The minimum absolute atomic E-state index is 0.0558. The molecule has 7 nitrogen and oxygen atoms in total. The molecule has 0 radical (unpaired) electrons. The maximum absolute atomic E-state index is 14.9. The van der Waals surface area contributed by atoms with Crippen molar-refractivity contribution in [3.8, 4) is 5.75 Å². The van der Waals surface area contributed by atoms with Gasteiger partial charge in [0.25, 0.3) is 0 Å². The third-order valence-electron chi connectivity index (χ3n) is 8.21. The summed E-state index contributed by atoms with van der Waals surface area (Å²) in [6.07, 6.45) is 8.56. The van der Waals surface area contributed by atoms with E-state index < -0.39 is 0 Å². The number of aromatic nitrogens is 2. The first-order valence-electron chi connectivity index (χ1n) is 13.9. The SMILES string of the molecule is CC(C)c1noc(N2CCC(COc3ccc(C4=CCC(C(=O)N5CCCC5C)CC4)cc3F)CC2)n1. The summed E-state index contributed by atoms with van der Waals surface area (Å²) in [5.74, 6) is 1.65. The number of carbonyl (C=O) groups excluding carboxylic acids is 1. The van der Waals surface area contributed by atoms with Gasteiger partial charge in [0.1, 0.15) is 0 Å². The highest BCUT2D eigenvalue weighted by molar-refractivity contribution is 5.81. The molecule has 3 aliphatic rings. The second-order valence-electron chi connectivity index (χ2n) is 11.2. The van der Waals surface area contributed by atoms with Crippen LogP contribution in [-0.4, -0.2) is 53.2 Å². The average molecular weight is 511 g/mol. The second kappa shape index (κ2) is 11.2. The number of carbonyl (C=O) groups is 1. The highest BCUT2D eigenvalue weighted by Crippen LogP contribution is 2.34. The Morgan fingerprint density at radius 2 is 2.00 bits per heavy atom. The van der Waals surface area contributed by atoms with Gasteiger partial charge in [0.2, 0.25) is 5.91 Å². The van der Waals surface area contributed by atoms with Crippen molar-refractivity contribution in [1.82, 2.24) is 15.0 Å². The lowest BCUT2D eigenvalue weighted by Crippen LogP contribution is -2.38. The molecule has 2 saturated heterocycles. The van der Waals surface area contributed by atoms with E-state index in [1.165, 1.54) is 0 Å². The first-order valence-corrected chi connectivity index (χ1v) is 13.9. The van der Waals surface area contributed by atoms with E-state index >= 15 is 0 Å². The Kier molecular flexibility index (Phi) is 7.81. The first kappa shape index (κ1) is 25.7. The van der Waals surface area contributed by atoms with Crippen molar-refractivity contribution in [2.24, 2.45) is 11.8 Å². The molecular weight excluding hydrogens is 471 g/mol. The summed E-state index contributed by atoms with van der Waals surface area (Å²) >= 11 is 0. The van der Waals surface area contributed by atoms with Crippen LogP contribution in [0.2, 0.25) is 0 Å². The molecule has 2 aromatic rings. The van der Waals surface area contributed by atoms with Gasteiger partial charge >= 0.3 is 6.01 Å². The van der Waals surface area contributed by atoms with Gasteiger partial charge in [0.15, 0.2) is 17.4 Å². The first-order chi connectivity index (χ1) is 17.9. The van der Waals surface area contributed by atoms with Crippen LogP contribution in [0, 0.1) is 17.7 Å². The molecule has 2 unspecified atom stereocenters. The monoisotopic (exact) mass is 510 g/mol. The summed E-state index contributed by atoms with van der Waals surface area (Å²) in [5, 5.41) is 4.05. The zero-order chi connectivity index (χ0) is 25.9. The zero-order valence-corrected chi connectivity index (χ0v) is 22.3. The van der Waals surface area contributed by atoms with Crippen molar-refractivity contribution in [1.29, 1.82) is 0 Å². The van der Waals surface area contributed by atoms with Gasteiger partial charge < -0.3 is 19.1 Å². The summed E-state index contributed by atoms with van der Waals surface area (Å²) in [5.41, 5.74) is 2.01. The summed E-state index contributed by atoms with van der Waals surface area (Å²) in [4.78, 5) is 21.5. The third kappa shape index (κ3) is 5.83. The lowest BCUT2D eigenvalue weighted by atomic mass is 9.85. The molecule has 0 saturated carbocycles. The van der Waals surface area contributed by atoms with Crippen molar-refractivity contribution in [2.45, 2.75) is 77.7 Å². The Hall–Kier alpha value is -2.90. The van der Waals surface area contributed by atoms with Crippen molar-refractivity contribution < 1.29 is 18.4 Å². The van der Waals surface area contributed by atoms with E-state index in [1.54, 1.807) is 12.1 Å². The summed E-state index contributed by atoms with van der Waals surface area (Å²) < 4.78 is 26.2. The van der Waals surface area contributed by atoms with Crippen molar-refractivity contribution >= 4 is 17.5 Å².